The van der Waals surface area contributed by atoms with Crippen LogP contribution in [0.5, 0.6) is 0 Å². The second kappa shape index (κ2) is 4.70. The zero-order valence-electron chi connectivity index (χ0n) is 10.6. The van der Waals surface area contributed by atoms with Crippen molar-refractivity contribution in [3.63, 3.8) is 0 Å². The summed E-state index contributed by atoms with van der Waals surface area (Å²) in [7, 11) is 1.62. The zero-order valence-corrected chi connectivity index (χ0v) is 10.6. The van der Waals surface area contributed by atoms with Crippen molar-refractivity contribution >= 4 is 17.3 Å². The molecule has 1 aromatic heterocycles. The van der Waals surface area contributed by atoms with Gasteiger partial charge in [-0.25, -0.2) is 5.43 Å². The minimum atomic E-state index is -0.122. The average molecular weight is 254 g/mol. The Bertz CT molecular complexity index is 626. The van der Waals surface area contributed by atoms with Crippen LogP contribution >= 0.6 is 0 Å². The Morgan fingerprint density at radius 2 is 2.16 bits per heavy atom. The van der Waals surface area contributed by atoms with Crippen LogP contribution in [0.4, 0.5) is 11.4 Å². The smallest absolute Gasteiger partial charge is 0.253 e. The number of nitrogens with zero attached hydrogens (tertiary/aromatic N) is 2. The molecule has 2 aromatic rings. The third-order valence-electron chi connectivity index (χ3n) is 3.17. The van der Waals surface area contributed by atoms with Crippen LogP contribution in [0.25, 0.3) is 0 Å². The molecule has 0 saturated heterocycles. The van der Waals surface area contributed by atoms with Crippen LogP contribution in [-0.4, -0.2) is 17.9 Å². The molecule has 1 amide bonds. The summed E-state index contributed by atoms with van der Waals surface area (Å²) in [5, 5.41) is 4.56. The van der Waals surface area contributed by atoms with Gasteiger partial charge in [-0.15, -0.1) is 0 Å². The van der Waals surface area contributed by atoms with Crippen molar-refractivity contribution in [1.29, 1.82) is 0 Å². The summed E-state index contributed by atoms with van der Waals surface area (Å²) in [6.45, 7) is 0.748. The highest BCUT2D eigenvalue weighted by atomic mass is 16.1. The molecular formula is C14H14N4O. The molecule has 0 unspecified atom stereocenters. The maximum Gasteiger partial charge on any atom is 0.253 e. The van der Waals surface area contributed by atoms with Gasteiger partial charge in [0.15, 0.2) is 0 Å². The molecule has 1 aliphatic rings. The Hall–Kier alpha value is -2.40. The molecule has 1 aliphatic heterocycles. The van der Waals surface area contributed by atoms with Gasteiger partial charge >= 0.3 is 0 Å². The van der Waals surface area contributed by atoms with Gasteiger partial charge in [0.1, 0.15) is 0 Å². The van der Waals surface area contributed by atoms with Crippen molar-refractivity contribution in [3.05, 3.63) is 53.9 Å². The molecule has 5 nitrogen and oxygen atoms in total. The van der Waals surface area contributed by atoms with Crippen LogP contribution in [0, 0.1) is 0 Å². The first-order valence-corrected chi connectivity index (χ1v) is 6.09. The van der Waals surface area contributed by atoms with Gasteiger partial charge in [0.2, 0.25) is 0 Å². The van der Waals surface area contributed by atoms with E-state index >= 15 is 0 Å². The molecule has 96 valence electrons. The first kappa shape index (κ1) is 11.7. The van der Waals surface area contributed by atoms with Gasteiger partial charge in [0, 0.05) is 19.8 Å². The number of rotatable bonds is 2. The Kier molecular flexibility index (Phi) is 2.89. The van der Waals surface area contributed by atoms with E-state index in [1.807, 2.05) is 23.2 Å². The predicted octanol–water partition coefficient (Wildman–Crippen LogP) is 1.60. The van der Waals surface area contributed by atoms with Gasteiger partial charge in [-0.3, -0.25) is 14.8 Å². The van der Waals surface area contributed by atoms with Crippen LogP contribution in [0.2, 0.25) is 0 Å². The number of benzene rings is 1. The summed E-state index contributed by atoms with van der Waals surface area (Å²) in [5.41, 5.74) is 6.89. The lowest BCUT2D eigenvalue weighted by atomic mass is 10.1. The maximum absolute atomic E-state index is 11.9. The quantitative estimate of drug-likeness (QED) is 0.854. The van der Waals surface area contributed by atoms with Crippen molar-refractivity contribution in [1.82, 2.24) is 15.7 Å². The standard InChI is InChI=1S/C14H14N4O/c1-15-14(19)11-6-7-16-9-13(11)18-12-5-3-2-4-10(12)8-17-18/h2-7,9,17H,8H2,1H3,(H,15,19). The summed E-state index contributed by atoms with van der Waals surface area (Å²) in [6, 6.07) is 9.80. The summed E-state index contributed by atoms with van der Waals surface area (Å²) >= 11 is 0. The molecule has 0 radical (unpaired) electrons. The monoisotopic (exact) mass is 254 g/mol. The van der Waals surface area contributed by atoms with E-state index < -0.39 is 0 Å². The number of hydrogen-bond acceptors (Lipinski definition) is 4. The zero-order chi connectivity index (χ0) is 13.2. The van der Waals surface area contributed by atoms with Crippen molar-refractivity contribution in [2.24, 2.45) is 0 Å². The number of hydrogen-bond donors (Lipinski definition) is 2. The number of carbonyl (C=O) groups excluding carboxylic acids is 1. The van der Waals surface area contributed by atoms with E-state index in [2.05, 4.69) is 21.8 Å². The van der Waals surface area contributed by atoms with Crippen molar-refractivity contribution in [2.75, 3.05) is 12.1 Å². The molecular weight excluding hydrogens is 240 g/mol. The number of pyridine rings is 1. The first-order chi connectivity index (χ1) is 9.31. The highest BCUT2D eigenvalue weighted by molar-refractivity contribution is 6.00. The van der Waals surface area contributed by atoms with E-state index in [4.69, 9.17) is 0 Å². The molecule has 1 aromatic carbocycles. The van der Waals surface area contributed by atoms with Crippen molar-refractivity contribution in [3.8, 4) is 0 Å². The third kappa shape index (κ3) is 1.94. The molecule has 0 spiro atoms. The van der Waals surface area contributed by atoms with Crippen LogP contribution in [0.3, 0.4) is 0 Å². The van der Waals surface area contributed by atoms with Gasteiger partial charge in [0.25, 0.3) is 5.91 Å². The number of fused-ring (bicyclic) bond motifs is 1. The van der Waals surface area contributed by atoms with Gasteiger partial charge in [0.05, 0.1) is 23.1 Å². The van der Waals surface area contributed by atoms with E-state index in [0.29, 0.717) is 5.56 Å². The Morgan fingerprint density at radius 1 is 1.32 bits per heavy atom. The van der Waals surface area contributed by atoms with Gasteiger partial charge in [-0.2, -0.15) is 0 Å². The van der Waals surface area contributed by atoms with E-state index in [-0.39, 0.29) is 5.91 Å². The summed E-state index contributed by atoms with van der Waals surface area (Å²) < 4.78 is 0. The number of anilines is 2. The van der Waals surface area contributed by atoms with E-state index in [9.17, 15) is 4.79 Å². The van der Waals surface area contributed by atoms with E-state index in [1.165, 1.54) is 5.56 Å². The summed E-state index contributed by atoms with van der Waals surface area (Å²) in [5.74, 6) is -0.122. The number of para-hydroxylation sites is 1. The minimum Gasteiger partial charge on any atom is -0.355 e. The number of aromatic nitrogens is 1. The molecule has 0 bridgehead atoms. The topological polar surface area (TPSA) is 57.3 Å². The van der Waals surface area contributed by atoms with Gasteiger partial charge in [-0.1, -0.05) is 18.2 Å². The normalized spacial score (nSPS) is 13.2. The van der Waals surface area contributed by atoms with Crippen LogP contribution < -0.4 is 15.8 Å². The lowest BCUT2D eigenvalue weighted by Crippen LogP contribution is -2.30. The molecule has 0 saturated carbocycles. The van der Waals surface area contributed by atoms with E-state index in [1.54, 1.807) is 25.5 Å². The molecule has 0 aliphatic carbocycles. The number of carbonyl (C=O) groups is 1. The van der Waals surface area contributed by atoms with Gasteiger partial charge in [-0.05, 0) is 17.7 Å². The highest BCUT2D eigenvalue weighted by Crippen LogP contribution is 2.32. The molecule has 5 heteroatoms. The molecule has 2 N–H and O–H groups in total. The van der Waals surface area contributed by atoms with Crippen LogP contribution in [0.15, 0.2) is 42.7 Å². The first-order valence-electron chi connectivity index (χ1n) is 6.09. The highest BCUT2D eigenvalue weighted by Gasteiger charge is 2.23. The lowest BCUT2D eigenvalue weighted by Gasteiger charge is -2.21. The fourth-order valence-corrected chi connectivity index (χ4v) is 2.23. The molecule has 0 fully saturated rings. The second-order valence-electron chi connectivity index (χ2n) is 4.27. The van der Waals surface area contributed by atoms with Crippen molar-refractivity contribution in [2.45, 2.75) is 6.54 Å². The lowest BCUT2D eigenvalue weighted by molar-refractivity contribution is 0.0963. The van der Waals surface area contributed by atoms with Gasteiger partial charge < -0.3 is 5.32 Å². The van der Waals surface area contributed by atoms with Crippen LogP contribution in [0.1, 0.15) is 15.9 Å². The fourth-order valence-electron chi connectivity index (χ4n) is 2.23. The Balaban J connectivity index is 2.07. The minimum absolute atomic E-state index is 0.122. The maximum atomic E-state index is 11.9. The molecule has 0 atom stereocenters. The second-order valence-corrected chi connectivity index (χ2v) is 4.27. The average Bonchev–Trinajstić information content (AvgIpc) is 2.90. The summed E-state index contributed by atoms with van der Waals surface area (Å²) in [6.07, 6.45) is 3.32. The Morgan fingerprint density at radius 3 is 3.00 bits per heavy atom. The fraction of sp³-hybridized carbons (Fsp3) is 0.143. The molecule has 19 heavy (non-hydrogen) atoms. The Labute approximate surface area is 111 Å². The molecule has 3 rings (SSSR count). The van der Waals surface area contributed by atoms with E-state index in [0.717, 1.165) is 17.9 Å². The van der Waals surface area contributed by atoms with Crippen LogP contribution in [-0.2, 0) is 6.54 Å². The number of hydrazine groups is 1. The largest absolute Gasteiger partial charge is 0.355 e. The van der Waals surface area contributed by atoms with Crippen molar-refractivity contribution < 1.29 is 4.79 Å². The summed E-state index contributed by atoms with van der Waals surface area (Å²) in [4.78, 5) is 16.0. The third-order valence-corrected chi connectivity index (χ3v) is 3.17. The number of amides is 1. The SMILES string of the molecule is CNC(=O)c1ccncc1N1NCc2ccccc21. The predicted molar refractivity (Wildman–Crippen MR) is 73.0 cm³/mol. The molecule has 2 heterocycles. The number of nitrogens with one attached hydrogen (secondary N) is 2.